The van der Waals surface area contributed by atoms with Gasteiger partial charge in [0.2, 0.25) is 5.91 Å². The van der Waals surface area contributed by atoms with Gasteiger partial charge in [0.15, 0.2) is 0 Å². The van der Waals surface area contributed by atoms with E-state index in [2.05, 4.69) is 15.3 Å². The number of hydrogen-bond acceptors (Lipinski definition) is 5. The number of carbonyl (C=O) groups is 1. The fourth-order valence-corrected chi connectivity index (χ4v) is 3.96. The van der Waals surface area contributed by atoms with Gasteiger partial charge in [-0.05, 0) is 24.3 Å². The van der Waals surface area contributed by atoms with E-state index in [-0.39, 0.29) is 11.2 Å². The number of nitrogens with one attached hydrogen (secondary N) is 1. The Hall–Kier alpha value is -1.14. The lowest BCUT2D eigenvalue weighted by Gasteiger charge is -2.12. The molecule has 0 spiro atoms. The average molecular weight is 279 g/mol. The van der Waals surface area contributed by atoms with E-state index in [0.29, 0.717) is 0 Å². The molecule has 94 valence electrons. The van der Waals surface area contributed by atoms with Gasteiger partial charge in [-0.1, -0.05) is 18.2 Å². The van der Waals surface area contributed by atoms with Crippen molar-refractivity contribution in [3.8, 4) is 0 Å². The smallest absolute Gasteiger partial charge is 0.233 e. The molecule has 3 heterocycles. The van der Waals surface area contributed by atoms with Gasteiger partial charge in [0.05, 0.1) is 5.25 Å². The van der Waals surface area contributed by atoms with Crippen molar-refractivity contribution in [2.75, 3.05) is 6.54 Å². The second kappa shape index (κ2) is 5.24. The van der Waals surface area contributed by atoms with Gasteiger partial charge in [0, 0.05) is 11.9 Å². The molecule has 1 amide bonds. The van der Waals surface area contributed by atoms with Crippen LogP contribution in [0.1, 0.15) is 19.3 Å². The number of thioether (sulfide) groups is 1. The molecule has 2 aromatic heterocycles. The molecule has 0 aromatic carbocycles. The van der Waals surface area contributed by atoms with E-state index in [0.717, 1.165) is 41.0 Å². The van der Waals surface area contributed by atoms with Crippen LogP contribution in [0.4, 0.5) is 0 Å². The van der Waals surface area contributed by atoms with Gasteiger partial charge in [0.1, 0.15) is 16.2 Å². The zero-order chi connectivity index (χ0) is 12.4. The predicted molar refractivity (Wildman–Crippen MR) is 73.9 cm³/mol. The summed E-state index contributed by atoms with van der Waals surface area (Å²) in [6.45, 7) is 0.799. The number of nitrogens with zero attached hydrogens (tertiary/aromatic N) is 2. The Bertz CT molecular complexity index is 569. The molecule has 1 aliphatic heterocycles. The maximum atomic E-state index is 11.9. The fraction of sp³-hybridized carbons (Fsp3) is 0.417. The maximum absolute atomic E-state index is 11.9. The first-order chi connectivity index (χ1) is 8.84. The van der Waals surface area contributed by atoms with Gasteiger partial charge >= 0.3 is 0 Å². The van der Waals surface area contributed by atoms with Crippen LogP contribution in [0, 0.1) is 0 Å². The number of rotatable bonds is 2. The summed E-state index contributed by atoms with van der Waals surface area (Å²) >= 11 is 3.17. The summed E-state index contributed by atoms with van der Waals surface area (Å²) in [4.78, 5) is 21.5. The second-order valence-electron chi connectivity index (χ2n) is 4.21. The molecule has 1 aliphatic rings. The van der Waals surface area contributed by atoms with E-state index in [4.69, 9.17) is 0 Å². The first-order valence-corrected chi connectivity index (χ1v) is 7.73. The maximum Gasteiger partial charge on any atom is 0.233 e. The van der Waals surface area contributed by atoms with Crippen LogP contribution >= 0.6 is 23.1 Å². The van der Waals surface area contributed by atoms with Gasteiger partial charge in [-0.3, -0.25) is 4.79 Å². The molecule has 1 fully saturated rings. The highest BCUT2D eigenvalue weighted by Crippen LogP contribution is 2.32. The van der Waals surface area contributed by atoms with Crippen LogP contribution in [-0.4, -0.2) is 27.7 Å². The molecular weight excluding hydrogens is 266 g/mol. The van der Waals surface area contributed by atoms with Crippen LogP contribution in [0.5, 0.6) is 0 Å². The Balaban J connectivity index is 1.86. The molecule has 2 aromatic rings. The van der Waals surface area contributed by atoms with Crippen LogP contribution in [0.25, 0.3) is 10.2 Å². The number of carbonyl (C=O) groups excluding carboxylic acids is 1. The number of aromatic nitrogens is 2. The molecule has 1 saturated heterocycles. The first kappa shape index (κ1) is 11.9. The lowest BCUT2D eigenvalue weighted by Crippen LogP contribution is -2.30. The minimum Gasteiger partial charge on any atom is -0.355 e. The Morgan fingerprint density at radius 2 is 2.33 bits per heavy atom. The topological polar surface area (TPSA) is 54.9 Å². The molecule has 0 unspecified atom stereocenters. The van der Waals surface area contributed by atoms with Crippen LogP contribution in [0.2, 0.25) is 0 Å². The largest absolute Gasteiger partial charge is 0.355 e. The van der Waals surface area contributed by atoms with E-state index in [1.54, 1.807) is 29.4 Å². The van der Waals surface area contributed by atoms with Gasteiger partial charge in [-0.2, -0.15) is 0 Å². The number of amides is 1. The Kier molecular flexibility index (Phi) is 3.47. The highest BCUT2D eigenvalue weighted by atomic mass is 32.2. The number of fused-ring (bicyclic) bond motifs is 1. The van der Waals surface area contributed by atoms with Crippen molar-refractivity contribution in [1.82, 2.24) is 15.3 Å². The van der Waals surface area contributed by atoms with Gasteiger partial charge in [-0.25, -0.2) is 9.97 Å². The molecule has 1 atom stereocenters. The summed E-state index contributed by atoms with van der Waals surface area (Å²) in [5.41, 5.74) is 0. The van der Waals surface area contributed by atoms with Crippen molar-refractivity contribution < 1.29 is 4.79 Å². The quantitative estimate of drug-likeness (QED) is 0.858. The van der Waals surface area contributed by atoms with E-state index >= 15 is 0 Å². The molecule has 6 heteroatoms. The number of hydrogen-bond donors (Lipinski definition) is 1. The summed E-state index contributed by atoms with van der Waals surface area (Å²) in [7, 11) is 0. The number of thiophene rings is 1. The lowest BCUT2D eigenvalue weighted by molar-refractivity contribution is -0.120. The molecule has 0 bridgehead atoms. The first-order valence-electron chi connectivity index (χ1n) is 5.97. The standard InChI is InChI=1S/C12H13N3OS2/c16-10-9(3-1-2-5-13-10)18-12-8-4-6-17-11(8)14-7-15-12/h4,6-7,9H,1-3,5H2,(H,13,16)/t9-/m0/s1. The third kappa shape index (κ3) is 2.35. The normalized spacial score (nSPS) is 20.7. The minimum absolute atomic E-state index is 0.0227. The summed E-state index contributed by atoms with van der Waals surface area (Å²) in [5, 5.41) is 6.92. The van der Waals surface area contributed by atoms with Crippen molar-refractivity contribution in [3.63, 3.8) is 0 Å². The van der Waals surface area contributed by atoms with Crippen LogP contribution in [0.15, 0.2) is 22.8 Å². The summed E-state index contributed by atoms with van der Waals surface area (Å²) < 4.78 is 0. The summed E-state index contributed by atoms with van der Waals surface area (Å²) in [6, 6.07) is 2.02. The highest BCUT2D eigenvalue weighted by molar-refractivity contribution is 8.00. The zero-order valence-corrected chi connectivity index (χ0v) is 11.4. The van der Waals surface area contributed by atoms with Crippen molar-refractivity contribution in [3.05, 3.63) is 17.8 Å². The Morgan fingerprint density at radius 3 is 3.28 bits per heavy atom. The highest BCUT2D eigenvalue weighted by Gasteiger charge is 2.23. The third-order valence-electron chi connectivity index (χ3n) is 2.96. The lowest BCUT2D eigenvalue weighted by atomic mass is 10.2. The fourth-order valence-electron chi connectivity index (χ4n) is 2.02. The monoisotopic (exact) mass is 279 g/mol. The van der Waals surface area contributed by atoms with Gasteiger partial charge in [0.25, 0.3) is 0 Å². The molecule has 0 aliphatic carbocycles. The molecular formula is C12H13N3OS2. The molecule has 1 N–H and O–H groups in total. The summed E-state index contributed by atoms with van der Waals surface area (Å²) in [6.07, 6.45) is 4.66. The van der Waals surface area contributed by atoms with E-state index in [9.17, 15) is 4.79 Å². The van der Waals surface area contributed by atoms with Crippen molar-refractivity contribution in [1.29, 1.82) is 0 Å². The van der Waals surface area contributed by atoms with Crippen LogP contribution in [-0.2, 0) is 4.79 Å². The Labute approximate surface area is 113 Å². The van der Waals surface area contributed by atoms with Crippen molar-refractivity contribution in [2.24, 2.45) is 0 Å². The van der Waals surface area contributed by atoms with E-state index in [1.807, 2.05) is 11.4 Å². The molecule has 0 saturated carbocycles. The van der Waals surface area contributed by atoms with E-state index in [1.165, 1.54) is 0 Å². The molecule has 18 heavy (non-hydrogen) atoms. The Morgan fingerprint density at radius 1 is 1.39 bits per heavy atom. The van der Waals surface area contributed by atoms with Crippen LogP contribution < -0.4 is 5.32 Å². The minimum atomic E-state index is -0.0227. The third-order valence-corrected chi connectivity index (χ3v) is 5.07. The molecule has 3 rings (SSSR count). The summed E-state index contributed by atoms with van der Waals surface area (Å²) in [5.74, 6) is 0.138. The van der Waals surface area contributed by atoms with Crippen molar-refractivity contribution in [2.45, 2.75) is 29.5 Å². The second-order valence-corrected chi connectivity index (χ2v) is 6.30. The van der Waals surface area contributed by atoms with Crippen molar-refractivity contribution >= 4 is 39.2 Å². The molecule has 0 radical (unpaired) electrons. The predicted octanol–water partition coefficient (Wildman–Crippen LogP) is 2.45. The van der Waals surface area contributed by atoms with Crippen LogP contribution in [0.3, 0.4) is 0 Å². The van der Waals surface area contributed by atoms with Gasteiger partial charge in [-0.15, -0.1) is 11.3 Å². The zero-order valence-electron chi connectivity index (χ0n) is 9.76. The SMILES string of the molecule is O=C1NCCCC[C@@H]1Sc1ncnc2sccc12. The average Bonchev–Trinajstić information content (AvgIpc) is 2.77. The van der Waals surface area contributed by atoms with Gasteiger partial charge < -0.3 is 5.32 Å². The van der Waals surface area contributed by atoms with E-state index < -0.39 is 0 Å². The molecule has 4 nitrogen and oxygen atoms in total.